The second-order valence-electron chi connectivity index (χ2n) is 3.42. The molecular formula is C8H18N2O2S2. The van der Waals surface area contributed by atoms with E-state index in [0.717, 1.165) is 0 Å². The fraction of sp³-hybridized carbons (Fsp3) is 0.875. The summed E-state index contributed by atoms with van der Waals surface area (Å²) in [6, 6.07) is -0.104. The number of nitrogens with two attached hydrogens (primary N) is 1. The Hall–Kier alpha value is -0.200. The number of rotatable bonds is 6. The number of hydrogen-bond donors (Lipinski definition) is 1. The Balaban J connectivity index is 4.73. The third kappa shape index (κ3) is 4.34. The SMILES string of the molecule is CCCS(=O)(=O)N(CC(N)=S)C(C)C. The summed E-state index contributed by atoms with van der Waals surface area (Å²) in [4.78, 5) is 0.207. The van der Waals surface area contributed by atoms with E-state index in [2.05, 4.69) is 0 Å². The number of thiocarbonyl (C=S) groups is 1. The number of hydrogen-bond acceptors (Lipinski definition) is 3. The summed E-state index contributed by atoms with van der Waals surface area (Å²) in [5, 5.41) is 0. The Morgan fingerprint density at radius 3 is 2.29 bits per heavy atom. The minimum atomic E-state index is -3.20. The van der Waals surface area contributed by atoms with Gasteiger partial charge in [0, 0.05) is 6.04 Å². The van der Waals surface area contributed by atoms with Crippen molar-refractivity contribution < 1.29 is 8.42 Å². The molecule has 0 aliphatic rings. The average Bonchev–Trinajstić information content (AvgIpc) is 1.99. The molecule has 0 aromatic heterocycles. The molecule has 0 radical (unpaired) electrons. The van der Waals surface area contributed by atoms with Gasteiger partial charge in [-0.1, -0.05) is 19.1 Å². The van der Waals surface area contributed by atoms with Gasteiger partial charge in [-0.05, 0) is 20.3 Å². The van der Waals surface area contributed by atoms with E-state index in [1.807, 2.05) is 20.8 Å². The van der Waals surface area contributed by atoms with Crippen LogP contribution in [0.25, 0.3) is 0 Å². The lowest BCUT2D eigenvalue weighted by Crippen LogP contribution is -2.43. The topological polar surface area (TPSA) is 63.4 Å². The van der Waals surface area contributed by atoms with Crippen LogP contribution in [0.3, 0.4) is 0 Å². The maximum Gasteiger partial charge on any atom is 0.214 e. The molecule has 0 saturated heterocycles. The van der Waals surface area contributed by atoms with Gasteiger partial charge in [0.1, 0.15) is 0 Å². The lowest BCUT2D eigenvalue weighted by atomic mass is 10.4. The van der Waals surface area contributed by atoms with Crippen molar-refractivity contribution in [2.75, 3.05) is 12.3 Å². The van der Waals surface area contributed by atoms with E-state index < -0.39 is 10.0 Å². The highest BCUT2D eigenvalue weighted by atomic mass is 32.2. The highest BCUT2D eigenvalue weighted by Crippen LogP contribution is 2.08. The summed E-state index contributed by atoms with van der Waals surface area (Å²) >= 11 is 4.72. The third-order valence-electron chi connectivity index (χ3n) is 1.71. The van der Waals surface area contributed by atoms with Crippen LogP contribution < -0.4 is 5.73 Å². The molecule has 0 unspecified atom stereocenters. The number of nitrogens with zero attached hydrogens (tertiary/aromatic N) is 1. The first-order valence-corrected chi connectivity index (χ1v) is 6.60. The van der Waals surface area contributed by atoms with Crippen LogP contribution >= 0.6 is 12.2 Å². The first-order chi connectivity index (χ1) is 6.31. The molecule has 6 heteroatoms. The Morgan fingerprint density at radius 2 is 2.00 bits per heavy atom. The second kappa shape index (κ2) is 5.63. The van der Waals surface area contributed by atoms with Gasteiger partial charge in [-0.25, -0.2) is 8.42 Å². The van der Waals surface area contributed by atoms with Gasteiger partial charge in [0.25, 0.3) is 0 Å². The van der Waals surface area contributed by atoms with Crippen LogP contribution in [0.2, 0.25) is 0 Å². The fourth-order valence-electron chi connectivity index (χ4n) is 1.13. The van der Waals surface area contributed by atoms with Crippen LogP contribution in [0.1, 0.15) is 27.2 Å². The molecule has 0 amide bonds. The van der Waals surface area contributed by atoms with Crippen molar-refractivity contribution in [3.05, 3.63) is 0 Å². The molecule has 2 N–H and O–H groups in total. The normalized spacial score (nSPS) is 12.4. The van der Waals surface area contributed by atoms with Crippen LogP contribution in [-0.4, -0.2) is 36.1 Å². The lowest BCUT2D eigenvalue weighted by molar-refractivity contribution is 0.390. The van der Waals surface area contributed by atoms with Crippen LogP contribution in [0.5, 0.6) is 0 Å². The average molecular weight is 238 g/mol. The molecule has 14 heavy (non-hydrogen) atoms. The highest BCUT2D eigenvalue weighted by molar-refractivity contribution is 7.89. The smallest absolute Gasteiger partial charge is 0.214 e. The maximum atomic E-state index is 11.7. The van der Waals surface area contributed by atoms with Crippen LogP contribution in [0.4, 0.5) is 0 Å². The molecule has 4 nitrogen and oxygen atoms in total. The Kier molecular flexibility index (Phi) is 5.54. The molecule has 0 rings (SSSR count). The zero-order valence-electron chi connectivity index (χ0n) is 8.86. The van der Waals surface area contributed by atoms with Gasteiger partial charge in [-0.15, -0.1) is 0 Å². The maximum absolute atomic E-state index is 11.7. The van der Waals surface area contributed by atoms with Crippen molar-refractivity contribution in [3.63, 3.8) is 0 Å². The summed E-state index contributed by atoms with van der Waals surface area (Å²) in [5.41, 5.74) is 5.35. The van der Waals surface area contributed by atoms with Gasteiger partial charge in [0.2, 0.25) is 10.0 Å². The first-order valence-electron chi connectivity index (χ1n) is 4.59. The zero-order chi connectivity index (χ0) is 11.4. The van der Waals surface area contributed by atoms with Crippen LogP contribution in [0.15, 0.2) is 0 Å². The van der Waals surface area contributed by atoms with Crippen molar-refractivity contribution in [3.8, 4) is 0 Å². The summed E-state index contributed by atoms with van der Waals surface area (Å²) in [6.45, 7) is 5.59. The molecule has 0 aliphatic carbocycles. The molecule has 0 aliphatic heterocycles. The molecular weight excluding hydrogens is 220 g/mol. The molecule has 0 heterocycles. The molecule has 0 aromatic carbocycles. The monoisotopic (exact) mass is 238 g/mol. The van der Waals surface area contributed by atoms with Gasteiger partial charge < -0.3 is 5.73 Å². The molecule has 0 fully saturated rings. The molecule has 0 aromatic rings. The molecule has 0 atom stereocenters. The Morgan fingerprint density at radius 1 is 1.50 bits per heavy atom. The van der Waals surface area contributed by atoms with E-state index in [4.69, 9.17) is 18.0 Å². The van der Waals surface area contributed by atoms with Gasteiger partial charge in [-0.3, -0.25) is 0 Å². The van der Waals surface area contributed by atoms with E-state index in [9.17, 15) is 8.42 Å². The van der Waals surface area contributed by atoms with E-state index >= 15 is 0 Å². The quantitative estimate of drug-likeness (QED) is 0.693. The minimum absolute atomic E-state index is 0.104. The van der Waals surface area contributed by atoms with Crippen molar-refractivity contribution in [1.29, 1.82) is 0 Å². The predicted molar refractivity (Wildman–Crippen MR) is 62.7 cm³/mol. The molecule has 0 spiro atoms. The number of sulfonamides is 1. The van der Waals surface area contributed by atoms with Crippen molar-refractivity contribution in [2.24, 2.45) is 5.73 Å². The minimum Gasteiger partial charge on any atom is -0.392 e. The Labute approximate surface area is 91.5 Å². The lowest BCUT2D eigenvalue weighted by Gasteiger charge is -2.24. The summed E-state index contributed by atoms with van der Waals surface area (Å²) in [5.74, 6) is 0.147. The van der Waals surface area contributed by atoms with E-state index in [1.54, 1.807) is 0 Å². The van der Waals surface area contributed by atoms with Crippen LogP contribution in [0, 0.1) is 0 Å². The first kappa shape index (κ1) is 13.8. The van der Waals surface area contributed by atoms with Crippen molar-refractivity contribution in [2.45, 2.75) is 33.2 Å². The van der Waals surface area contributed by atoms with Gasteiger partial charge in [-0.2, -0.15) is 4.31 Å². The largest absolute Gasteiger partial charge is 0.392 e. The third-order valence-corrected chi connectivity index (χ3v) is 4.03. The molecule has 0 saturated carbocycles. The summed E-state index contributed by atoms with van der Waals surface area (Å²) in [6.07, 6.45) is 0.600. The highest BCUT2D eigenvalue weighted by Gasteiger charge is 2.24. The van der Waals surface area contributed by atoms with Gasteiger partial charge in [0.15, 0.2) is 0 Å². The standard InChI is InChI=1S/C8H18N2O2S2/c1-4-5-14(11,12)10(7(2)3)6-8(9)13/h7H,4-6H2,1-3H3,(H2,9,13). The van der Waals surface area contributed by atoms with E-state index in [-0.39, 0.29) is 23.3 Å². The van der Waals surface area contributed by atoms with E-state index in [1.165, 1.54) is 4.31 Å². The van der Waals surface area contributed by atoms with Gasteiger partial charge in [0.05, 0.1) is 17.3 Å². The summed E-state index contributed by atoms with van der Waals surface area (Å²) < 4.78 is 24.8. The Bertz CT molecular complexity index is 286. The summed E-state index contributed by atoms with van der Waals surface area (Å²) in [7, 11) is -3.20. The zero-order valence-corrected chi connectivity index (χ0v) is 10.5. The van der Waals surface area contributed by atoms with Crippen molar-refractivity contribution >= 4 is 27.2 Å². The fourth-order valence-corrected chi connectivity index (χ4v) is 3.08. The molecule has 84 valence electrons. The molecule has 0 bridgehead atoms. The van der Waals surface area contributed by atoms with E-state index in [0.29, 0.717) is 6.42 Å². The predicted octanol–water partition coefficient (Wildman–Crippen LogP) is 0.723. The van der Waals surface area contributed by atoms with Gasteiger partial charge >= 0.3 is 0 Å². The van der Waals surface area contributed by atoms with Crippen molar-refractivity contribution in [1.82, 2.24) is 4.31 Å². The second-order valence-corrected chi connectivity index (χ2v) is 5.99. The van der Waals surface area contributed by atoms with Crippen LogP contribution in [-0.2, 0) is 10.0 Å².